The van der Waals surface area contributed by atoms with Crippen molar-refractivity contribution in [1.82, 2.24) is 4.90 Å². The molecule has 1 aliphatic rings. The summed E-state index contributed by atoms with van der Waals surface area (Å²) in [4.78, 5) is 22.3. The van der Waals surface area contributed by atoms with E-state index >= 15 is 0 Å². The van der Waals surface area contributed by atoms with Gasteiger partial charge in [-0.3, -0.25) is 4.79 Å². The van der Waals surface area contributed by atoms with Crippen LogP contribution in [-0.2, 0) is 13.0 Å². The number of carbonyl (C=O) groups excluding carboxylic acids is 1. The van der Waals surface area contributed by atoms with Gasteiger partial charge in [-0.15, -0.1) is 0 Å². The first-order valence-corrected chi connectivity index (χ1v) is 4.25. The van der Waals surface area contributed by atoms with Crippen LogP contribution in [0.1, 0.15) is 21.9 Å². The Balaban J connectivity index is 2.25. The average Bonchev–Trinajstić information content (AvgIpc) is 2.58. The molecule has 74 valence electrons. The van der Waals surface area contributed by atoms with Gasteiger partial charge in [-0.25, -0.2) is 4.79 Å². The molecule has 0 atom stereocenters. The SMILES string of the molecule is O=Cc1cc2c(o1)CN(C(=O)O)CC2. The molecule has 5 heteroatoms. The lowest BCUT2D eigenvalue weighted by molar-refractivity contribution is 0.109. The van der Waals surface area contributed by atoms with E-state index in [1.807, 2.05) is 0 Å². The number of hydrogen-bond donors (Lipinski definition) is 1. The van der Waals surface area contributed by atoms with E-state index in [4.69, 9.17) is 9.52 Å². The first kappa shape index (κ1) is 8.80. The standard InChI is InChI=1S/C9H9NO4/c11-5-7-3-6-1-2-10(9(12)13)4-8(6)14-7/h3,5H,1-2,4H2,(H,12,13). The molecule has 1 aromatic rings. The van der Waals surface area contributed by atoms with Gasteiger partial charge in [0.25, 0.3) is 0 Å². The Labute approximate surface area is 79.9 Å². The fourth-order valence-electron chi connectivity index (χ4n) is 1.56. The summed E-state index contributed by atoms with van der Waals surface area (Å²) in [5.74, 6) is 0.850. The van der Waals surface area contributed by atoms with Crippen LogP contribution in [0.2, 0.25) is 0 Å². The van der Waals surface area contributed by atoms with E-state index in [-0.39, 0.29) is 12.3 Å². The molecule has 0 saturated carbocycles. The molecule has 0 radical (unpaired) electrons. The Morgan fingerprint density at radius 1 is 1.64 bits per heavy atom. The lowest BCUT2D eigenvalue weighted by Gasteiger charge is -2.22. The van der Waals surface area contributed by atoms with Crippen molar-refractivity contribution in [3.8, 4) is 0 Å². The fraction of sp³-hybridized carbons (Fsp3) is 0.333. The van der Waals surface area contributed by atoms with Crippen LogP contribution in [0, 0.1) is 0 Å². The van der Waals surface area contributed by atoms with Crippen molar-refractivity contribution in [2.24, 2.45) is 0 Å². The molecule has 14 heavy (non-hydrogen) atoms. The Bertz CT molecular complexity index is 382. The van der Waals surface area contributed by atoms with Gasteiger partial charge in [0.15, 0.2) is 12.0 Å². The van der Waals surface area contributed by atoms with Gasteiger partial charge in [0.2, 0.25) is 0 Å². The summed E-state index contributed by atoms with van der Waals surface area (Å²) in [5, 5.41) is 8.74. The molecule has 0 saturated heterocycles. The van der Waals surface area contributed by atoms with Gasteiger partial charge in [0.1, 0.15) is 5.76 Å². The molecular formula is C9H9NO4. The number of fused-ring (bicyclic) bond motifs is 1. The summed E-state index contributed by atoms with van der Waals surface area (Å²) in [7, 11) is 0. The summed E-state index contributed by atoms with van der Waals surface area (Å²) >= 11 is 0. The van der Waals surface area contributed by atoms with Gasteiger partial charge >= 0.3 is 6.09 Å². The first-order valence-electron chi connectivity index (χ1n) is 4.25. The van der Waals surface area contributed by atoms with E-state index in [0.29, 0.717) is 25.0 Å². The van der Waals surface area contributed by atoms with Crippen LogP contribution >= 0.6 is 0 Å². The molecule has 1 aliphatic heterocycles. The van der Waals surface area contributed by atoms with E-state index in [1.165, 1.54) is 4.90 Å². The zero-order valence-electron chi connectivity index (χ0n) is 7.40. The van der Waals surface area contributed by atoms with Crippen LogP contribution in [-0.4, -0.2) is 28.9 Å². The van der Waals surface area contributed by atoms with Gasteiger partial charge in [0.05, 0.1) is 6.54 Å². The molecule has 0 bridgehead atoms. The topological polar surface area (TPSA) is 70.8 Å². The summed E-state index contributed by atoms with van der Waals surface area (Å²) in [5.41, 5.74) is 0.935. The normalized spacial score (nSPS) is 15.0. The number of amides is 1. The molecule has 0 aliphatic carbocycles. The van der Waals surface area contributed by atoms with Gasteiger partial charge in [-0.2, -0.15) is 0 Å². The van der Waals surface area contributed by atoms with Crippen molar-refractivity contribution in [3.05, 3.63) is 23.2 Å². The Morgan fingerprint density at radius 2 is 2.43 bits per heavy atom. The second-order valence-corrected chi connectivity index (χ2v) is 3.17. The fourth-order valence-corrected chi connectivity index (χ4v) is 1.56. The van der Waals surface area contributed by atoms with Crippen molar-refractivity contribution in [2.45, 2.75) is 13.0 Å². The molecule has 1 amide bonds. The maximum atomic E-state index is 10.7. The van der Waals surface area contributed by atoms with Crippen LogP contribution in [0.15, 0.2) is 10.5 Å². The van der Waals surface area contributed by atoms with Gasteiger partial charge in [-0.05, 0) is 18.1 Å². The summed E-state index contributed by atoms with van der Waals surface area (Å²) in [6.07, 6.45) is 0.280. The average molecular weight is 195 g/mol. The molecular weight excluding hydrogens is 186 g/mol. The summed E-state index contributed by atoms with van der Waals surface area (Å²) in [6.45, 7) is 0.693. The van der Waals surface area contributed by atoms with Crippen LogP contribution in [0.25, 0.3) is 0 Å². The van der Waals surface area contributed by atoms with Gasteiger partial charge in [0, 0.05) is 6.54 Å². The third-order valence-electron chi connectivity index (χ3n) is 2.29. The molecule has 2 rings (SSSR count). The lowest BCUT2D eigenvalue weighted by atomic mass is 10.1. The van der Waals surface area contributed by atoms with E-state index in [2.05, 4.69) is 0 Å². The quantitative estimate of drug-likeness (QED) is 0.682. The van der Waals surface area contributed by atoms with Crippen LogP contribution in [0.3, 0.4) is 0 Å². The maximum Gasteiger partial charge on any atom is 0.407 e. The molecule has 0 aromatic carbocycles. The third kappa shape index (κ3) is 1.37. The largest absolute Gasteiger partial charge is 0.465 e. The van der Waals surface area contributed by atoms with Crippen molar-refractivity contribution in [1.29, 1.82) is 0 Å². The van der Waals surface area contributed by atoms with Crippen molar-refractivity contribution in [3.63, 3.8) is 0 Å². The first-order chi connectivity index (χ1) is 6.70. The van der Waals surface area contributed by atoms with E-state index in [0.717, 1.165) is 5.56 Å². The summed E-state index contributed by atoms with van der Waals surface area (Å²) in [6, 6.07) is 1.67. The number of aldehydes is 1. The van der Waals surface area contributed by atoms with Gasteiger partial charge in [-0.1, -0.05) is 0 Å². The maximum absolute atomic E-state index is 10.7. The molecule has 0 spiro atoms. The van der Waals surface area contributed by atoms with E-state index < -0.39 is 6.09 Å². The minimum Gasteiger partial charge on any atom is -0.465 e. The zero-order valence-corrected chi connectivity index (χ0v) is 7.40. The highest BCUT2D eigenvalue weighted by molar-refractivity contribution is 5.71. The predicted molar refractivity (Wildman–Crippen MR) is 46.2 cm³/mol. The second-order valence-electron chi connectivity index (χ2n) is 3.17. The van der Waals surface area contributed by atoms with E-state index in [1.54, 1.807) is 6.07 Å². The molecule has 0 fully saturated rings. The Kier molecular flexibility index (Phi) is 1.99. The van der Waals surface area contributed by atoms with Crippen molar-refractivity contribution < 1.29 is 19.1 Å². The summed E-state index contributed by atoms with van der Waals surface area (Å²) < 4.78 is 5.16. The number of furan rings is 1. The molecule has 5 nitrogen and oxygen atoms in total. The lowest BCUT2D eigenvalue weighted by Crippen LogP contribution is -2.34. The number of nitrogens with zero attached hydrogens (tertiary/aromatic N) is 1. The van der Waals surface area contributed by atoms with Crippen molar-refractivity contribution >= 4 is 12.4 Å². The minimum atomic E-state index is -0.959. The number of carboxylic acid groups (broad SMARTS) is 1. The second kappa shape index (κ2) is 3.17. The van der Waals surface area contributed by atoms with Gasteiger partial charge < -0.3 is 14.4 Å². The monoisotopic (exact) mass is 195 g/mol. The molecule has 2 heterocycles. The number of carbonyl (C=O) groups is 2. The molecule has 1 N–H and O–H groups in total. The van der Waals surface area contributed by atoms with Crippen LogP contribution in [0.5, 0.6) is 0 Å². The Morgan fingerprint density at radius 3 is 3.07 bits per heavy atom. The highest BCUT2D eigenvalue weighted by atomic mass is 16.4. The Hall–Kier alpha value is -1.78. The van der Waals surface area contributed by atoms with E-state index in [9.17, 15) is 9.59 Å². The highest BCUT2D eigenvalue weighted by Crippen LogP contribution is 2.21. The number of hydrogen-bond acceptors (Lipinski definition) is 3. The van der Waals surface area contributed by atoms with Crippen LogP contribution < -0.4 is 0 Å². The third-order valence-corrected chi connectivity index (χ3v) is 2.29. The zero-order chi connectivity index (χ0) is 10.1. The highest BCUT2D eigenvalue weighted by Gasteiger charge is 2.23. The smallest absolute Gasteiger partial charge is 0.407 e. The molecule has 0 unspecified atom stereocenters. The molecule has 1 aromatic heterocycles. The van der Waals surface area contributed by atoms with Crippen LogP contribution in [0.4, 0.5) is 4.79 Å². The minimum absolute atomic E-state index is 0.235. The van der Waals surface area contributed by atoms with Crippen molar-refractivity contribution in [2.75, 3.05) is 6.54 Å². The predicted octanol–water partition coefficient (Wildman–Crippen LogP) is 1.13. The number of rotatable bonds is 1.